The van der Waals surface area contributed by atoms with E-state index in [1.54, 1.807) is 12.1 Å². The van der Waals surface area contributed by atoms with E-state index in [2.05, 4.69) is 36.1 Å². The van der Waals surface area contributed by atoms with Crippen LogP contribution in [-0.2, 0) is 16.1 Å². The lowest BCUT2D eigenvalue weighted by Gasteiger charge is -2.34. The highest BCUT2D eigenvalue weighted by molar-refractivity contribution is 6.31. The van der Waals surface area contributed by atoms with Crippen molar-refractivity contribution >= 4 is 29.4 Å². The maximum Gasteiger partial charge on any atom is 0.414 e. The largest absolute Gasteiger partial charge is 0.473 e. The summed E-state index contributed by atoms with van der Waals surface area (Å²) in [5, 5.41) is 15.4. The normalized spacial score (nSPS) is 13.9. The molecule has 0 unspecified atom stereocenters. The van der Waals surface area contributed by atoms with Gasteiger partial charge in [0, 0.05) is 43.3 Å². The number of carboxylic acid groups (broad SMARTS) is 2. The van der Waals surface area contributed by atoms with Crippen LogP contribution in [0, 0.1) is 6.92 Å². The van der Waals surface area contributed by atoms with E-state index in [0.29, 0.717) is 10.6 Å². The third kappa shape index (κ3) is 7.21. The second kappa shape index (κ2) is 10.6. The van der Waals surface area contributed by atoms with Crippen molar-refractivity contribution in [3.8, 4) is 0 Å². The molecule has 154 valence electrons. The van der Waals surface area contributed by atoms with Crippen LogP contribution in [0.25, 0.3) is 0 Å². The van der Waals surface area contributed by atoms with Gasteiger partial charge < -0.3 is 15.1 Å². The molecule has 8 heteroatoms. The van der Waals surface area contributed by atoms with Crippen molar-refractivity contribution in [2.75, 3.05) is 26.2 Å². The van der Waals surface area contributed by atoms with Gasteiger partial charge in [-0.3, -0.25) is 9.69 Å². The number of carbonyl (C=O) groups excluding carboxylic acids is 1. The number of carboxylic acids is 2. The van der Waals surface area contributed by atoms with Crippen LogP contribution in [0.4, 0.5) is 0 Å². The molecule has 29 heavy (non-hydrogen) atoms. The first-order valence-corrected chi connectivity index (χ1v) is 9.43. The lowest BCUT2D eigenvalue weighted by atomic mass is 10.1. The van der Waals surface area contributed by atoms with Crippen molar-refractivity contribution in [1.29, 1.82) is 0 Å². The maximum atomic E-state index is 12.5. The van der Waals surface area contributed by atoms with Crippen molar-refractivity contribution in [2.45, 2.75) is 13.5 Å². The molecule has 1 fully saturated rings. The summed E-state index contributed by atoms with van der Waals surface area (Å²) in [7, 11) is 0. The molecule has 3 rings (SSSR count). The van der Waals surface area contributed by atoms with Gasteiger partial charge in [0.2, 0.25) is 0 Å². The Balaban J connectivity index is 0.000000438. The van der Waals surface area contributed by atoms with Gasteiger partial charge in [0.15, 0.2) is 0 Å². The predicted molar refractivity (Wildman–Crippen MR) is 109 cm³/mol. The van der Waals surface area contributed by atoms with E-state index in [1.165, 1.54) is 11.1 Å². The summed E-state index contributed by atoms with van der Waals surface area (Å²) in [6.45, 7) is 6.39. The monoisotopic (exact) mass is 418 g/mol. The van der Waals surface area contributed by atoms with Crippen LogP contribution in [0.15, 0.2) is 48.5 Å². The van der Waals surface area contributed by atoms with Crippen LogP contribution in [0.5, 0.6) is 0 Å². The summed E-state index contributed by atoms with van der Waals surface area (Å²) in [5.41, 5.74) is 3.29. The lowest BCUT2D eigenvalue weighted by molar-refractivity contribution is -0.159. The molecule has 7 nitrogen and oxygen atoms in total. The summed E-state index contributed by atoms with van der Waals surface area (Å²) < 4.78 is 0. The van der Waals surface area contributed by atoms with Crippen molar-refractivity contribution in [3.05, 3.63) is 70.2 Å². The second-order valence-electron chi connectivity index (χ2n) is 6.68. The fourth-order valence-corrected chi connectivity index (χ4v) is 3.17. The SMILES string of the molecule is Cc1cccc(CN2CCN(C(=O)c3cccc(Cl)c3)CC2)c1.O=C(O)C(=O)O. The number of hydrogen-bond acceptors (Lipinski definition) is 4. The summed E-state index contributed by atoms with van der Waals surface area (Å²) in [6, 6.07) is 15.8. The molecule has 0 aromatic heterocycles. The Kier molecular flexibility index (Phi) is 8.18. The highest BCUT2D eigenvalue weighted by Crippen LogP contribution is 2.15. The molecule has 0 bridgehead atoms. The molecule has 0 saturated carbocycles. The molecule has 1 amide bonds. The van der Waals surface area contributed by atoms with Gasteiger partial charge in [-0.25, -0.2) is 9.59 Å². The van der Waals surface area contributed by atoms with E-state index >= 15 is 0 Å². The number of nitrogens with zero attached hydrogens (tertiary/aromatic N) is 2. The summed E-state index contributed by atoms with van der Waals surface area (Å²) >= 11 is 5.98. The molecular formula is C21H23ClN2O5. The predicted octanol–water partition coefficient (Wildman–Crippen LogP) is 2.76. The molecule has 2 N–H and O–H groups in total. The molecule has 0 radical (unpaired) electrons. The first-order valence-electron chi connectivity index (χ1n) is 9.05. The number of rotatable bonds is 3. The molecule has 1 saturated heterocycles. The number of amides is 1. The number of halogens is 1. The van der Waals surface area contributed by atoms with E-state index in [1.807, 2.05) is 17.0 Å². The molecule has 1 heterocycles. The van der Waals surface area contributed by atoms with Gasteiger partial charge in [-0.15, -0.1) is 0 Å². The highest BCUT2D eigenvalue weighted by atomic mass is 35.5. The maximum absolute atomic E-state index is 12.5. The summed E-state index contributed by atoms with van der Waals surface area (Å²) in [4.78, 5) is 35.0. The number of benzene rings is 2. The molecular weight excluding hydrogens is 396 g/mol. The molecule has 2 aromatic carbocycles. The highest BCUT2D eigenvalue weighted by Gasteiger charge is 2.22. The molecule has 1 aliphatic heterocycles. The van der Waals surface area contributed by atoms with Crippen LogP contribution in [-0.4, -0.2) is 64.0 Å². The quantitative estimate of drug-likeness (QED) is 0.744. The topological polar surface area (TPSA) is 98.2 Å². The number of piperazine rings is 1. The Hall–Kier alpha value is -2.90. The average Bonchev–Trinajstić information content (AvgIpc) is 2.68. The zero-order chi connectivity index (χ0) is 21.4. The Morgan fingerprint density at radius 1 is 0.931 bits per heavy atom. The summed E-state index contributed by atoms with van der Waals surface area (Å²) in [5.74, 6) is -3.58. The minimum absolute atomic E-state index is 0.0719. The molecule has 2 aromatic rings. The zero-order valence-electron chi connectivity index (χ0n) is 16.0. The Labute approximate surface area is 174 Å². The van der Waals surface area contributed by atoms with E-state index in [4.69, 9.17) is 31.4 Å². The minimum Gasteiger partial charge on any atom is -0.473 e. The molecule has 1 aliphatic rings. The van der Waals surface area contributed by atoms with E-state index in [9.17, 15) is 4.79 Å². The number of hydrogen-bond donors (Lipinski definition) is 2. The number of aryl methyl sites for hydroxylation is 1. The van der Waals surface area contributed by atoms with Gasteiger partial charge in [0.05, 0.1) is 0 Å². The summed E-state index contributed by atoms with van der Waals surface area (Å²) in [6.07, 6.45) is 0. The van der Waals surface area contributed by atoms with Crippen LogP contribution >= 0.6 is 11.6 Å². The van der Waals surface area contributed by atoms with Crippen molar-refractivity contribution in [3.63, 3.8) is 0 Å². The standard InChI is InChI=1S/C19H21ClN2O.C2H2O4/c1-15-4-2-5-16(12-15)14-21-8-10-22(11-9-21)19(23)17-6-3-7-18(20)13-17;3-1(4)2(5)6/h2-7,12-13H,8-11,14H2,1H3;(H,3,4)(H,5,6). The fraction of sp³-hybridized carbons (Fsp3) is 0.286. The van der Waals surface area contributed by atoms with Crippen LogP contribution < -0.4 is 0 Å². The van der Waals surface area contributed by atoms with Gasteiger partial charge in [-0.1, -0.05) is 47.5 Å². The second-order valence-corrected chi connectivity index (χ2v) is 7.11. The third-order valence-corrected chi connectivity index (χ3v) is 4.64. The zero-order valence-corrected chi connectivity index (χ0v) is 16.8. The Morgan fingerprint density at radius 3 is 2.10 bits per heavy atom. The molecule has 0 aliphatic carbocycles. The van der Waals surface area contributed by atoms with Gasteiger partial charge >= 0.3 is 11.9 Å². The Bertz CT molecular complexity index is 867. The average molecular weight is 419 g/mol. The van der Waals surface area contributed by atoms with E-state index in [0.717, 1.165) is 32.7 Å². The lowest BCUT2D eigenvalue weighted by Crippen LogP contribution is -2.48. The fourth-order valence-electron chi connectivity index (χ4n) is 2.98. The van der Waals surface area contributed by atoms with Crippen molar-refractivity contribution < 1.29 is 24.6 Å². The van der Waals surface area contributed by atoms with Gasteiger partial charge in [-0.05, 0) is 30.7 Å². The molecule has 0 spiro atoms. The van der Waals surface area contributed by atoms with Crippen LogP contribution in [0.1, 0.15) is 21.5 Å². The smallest absolute Gasteiger partial charge is 0.414 e. The van der Waals surface area contributed by atoms with E-state index < -0.39 is 11.9 Å². The van der Waals surface area contributed by atoms with Gasteiger partial charge in [-0.2, -0.15) is 0 Å². The van der Waals surface area contributed by atoms with Crippen molar-refractivity contribution in [1.82, 2.24) is 9.80 Å². The van der Waals surface area contributed by atoms with Crippen LogP contribution in [0.2, 0.25) is 5.02 Å². The minimum atomic E-state index is -1.82. The van der Waals surface area contributed by atoms with E-state index in [-0.39, 0.29) is 5.91 Å². The van der Waals surface area contributed by atoms with Gasteiger partial charge in [0.25, 0.3) is 5.91 Å². The first-order chi connectivity index (χ1) is 13.8. The third-order valence-electron chi connectivity index (χ3n) is 4.40. The molecule has 0 atom stereocenters. The Morgan fingerprint density at radius 2 is 1.55 bits per heavy atom. The van der Waals surface area contributed by atoms with Crippen molar-refractivity contribution in [2.24, 2.45) is 0 Å². The number of aliphatic carboxylic acids is 2. The first kappa shape index (κ1) is 22.4. The number of carbonyl (C=O) groups is 3. The van der Waals surface area contributed by atoms with Crippen LogP contribution in [0.3, 0.4) is 0 Å². The van der Waals surface area contributed by atoms with Gasteiger partial charge in [0.1, 0.15) is 0 Å².